The summed E-state index contributed by atoms with van der Waals surface area (Å²) in [6, 6.07) is 11.8. The van der Waals surface area contributed by atoms with E-state index in [2.05, 4.69) is 15.9 Å². The van der Waals surface area contributed by atoms with Crippen molar-refractivity contribution < 1.29 is 19.1 Å². The lowest BCUT2D eigenvalue weighted by Crippen LogP contribution is -2.38. The fraction of sp³-hybridized carbons (Fsp3) is 0.273. The van der Waals surface area contributed by atoms with Crippen LogP contribution in [0, 0.1) is 5.82 Å². The van der Waals surface area contributed by atoms with E-state index in [4.69, 9.17) is 0 Å². The maximum absolute atomic E-state index is 14.7. The van der Waals surface area contributed by atoms with Crippen LogP contribution in [0.2, 0.25) is 0 Å². The molecular formula is C22H19BrFNO3. The number of halogens is 2. The first kappa shape index (κ1) is 18.9. The number of hydrogen-bond donors (Lipinski definition) is 1. The molecule has 6 heteroatoms. The maximum Gasteiger partial charge on any atom is 0.295 e. The van der Waals surface area contributed by atoms with Gasteiger partial charge in [0.05, 0.1) is 11.6 Å². The summed E-state index contributed by atoms with van der Waals surface area (Å²) in [5.41, 5.74) is 0.588. The molecule has 0 aromatic heterocycles. The highest BCUT2D eigenvalue weighted by Gasteiger charge is 2.49. The molecule has 2 fully saturated rings. The van der Waals surface area contributed by atoms with Gasteiger partial charge in [-0.3, -0.25) is 9.59 Å². The van der Waals surface area contributed by atoms with Gasteiger partial charge in [0.15, 0.2) is 0 Å². The van der Waals surface area contributed by atoms with Gasteiger partial charge in [0.1, 0.15) is 11.6 Å². The lowest BCUT2D eigenvalue weighted by molar-refractivity contribution is -0.141. The number of aliphatic hydroxyl groups excluding tert-OH is 1. The van der Waals surface area contributed by atoms with E-state index >= 15 is 0 Å². The third kappa shape index (κ3) is 3.15. The van der Waals surface area contributed by atoms with Crippen molar-refractivity contribution >= 4 is 33.4 Å². The number of likely N-dealkylation sites (tertiary alicyclic amines) is 1. The first-order valence-electron chi connectivity index (χ1n) is 9.29. The van der Waals surface area contributed by atoms with E-state index in [1.54, 1.807) is 42.5 Å². The van der Waals surface area contributed by atoms with E-state index in [0.29, 0.717) is 5.56 Å². The number of amides is 1. The molecule has 1 atom stereocenters. The van der Waals surface area contributed by atoms with Gasteiger partial charge in [-0.1, -0.05) is 59.1 Å². The molecule has 1 heterocycles. The van der Waals surface area contributed by atoms with Crippen LogP contribution in [0.1, 0.15) is 42.9 Å². The molecule has 1 aliphatic heterocycles. The molecule has 2 aromatic rings. The van der Waals surface area contributed by atoms with Crippen molar-refractivity contribution in [2.45, 2.75) is 37.8 Å². The third-order valence-corrected chi connectivity index (χ3v) is 6.04. The molecule has 0 bridgehead atoms. The lowest BCUT2D eigenvalue weighted by Gasteiger charge is -2.30. The first-order valence-corrected chi connectivity index (χ1v) is 10.1. The molecular weight excluding hydrogens is 425 g/mol. The summed E-state index contributed by atoms with van der Waals surface area (Å²) in [6.45, 7) is 0. The minimum Gasteiger partial charge on any atom is -0.507 e. The van der Waals surface area contributed by atoms with Crippen molar-refractivity contribution in [3.63, 3.8) is 0 Å². The predicted molar refractivity (Wildman–Crippen MR) is 107 cm³/mol. The van der Waals surface area contributed by atoms with E-state index in [-0.39, 0.29) is 22.9 Å². The molecule has 1 aliphatic carbocycles. The second kappa shape index (κ2) is 7.51. The summed E-state index contributed by atoms with van der Waals surface area (Å²) in [6.07, 6.45) is 3.47. The van der Waals surface area contributed by atoms with Crippen LogP contribution in [0.15, 0.2) is 58.6 Å². The number of rotatable bonds is 3. The zero-order valence-electron chi connectivity index (χ0n) is 15.1. The molecule has 4 nitrogen and oxygen atoms in total. The Hall–Kier alpha value is -2.47. The highest BCUT2D eigenvalue weighted by molar-refractivity contribution is 9.10. The Morgan fingerprint density at radius 2 is 1.68 bits per heavy atom. The van der Waals surface area contributed by atoms with Gasteiger partial charge in [-0.25, -0.2) is 4.39 Å². The SMILES string of the molecule is O=C1C(=O)N(C2CCCC2)C(c2ccccc2F)/C1=C(/O)c1ccc(Br)cc1. The van der Waals surface area contributed by atoms with Crippen molar-refractivity contribution in [2.24, 2.45) is 0 Å². The fourth-order valence-corrected chi connectivity index (χ4v) is 4.44. The van der Waals surface area contributed by atoms with E-state index in [1.807, 2.05) is 0 Å². The second-order valence-electron chi connectivity index (χ2n) is 7.17. The van der Waals surface area contributed by atoms with Crippen molar-refractivity contribution in [3.05, 3.63) is 75.5 Å². The number of aliphatic hydroxyl groups is 1. The van der Waals surface area contributed by atoms with Gasteiger partial charge in [-0.05, 0) is 31.0 Å². The molecule has 0 spiro atoms. The standard InChI is InChI=1S/C22H19BrFNO3/c23-14-11-9-13(10-12-14)20(26)18-19(16-7-3-4-8-17(16)24)25(22(28)21(18)27)15-5-1-2-6-15/h3-4,7-12,15,19,26H,1-2,5-6H2/b20-18-. The highest BCUT2D eigenvalue weighted by Crippen LogP contribution is 2.44. The van der Waals surface area contributed by atoms with E-state index in [1.165, 1.54) is 11.0 Å². The normalized spacial score (nSPS) is 22.2. The Kier molecular flexibility index (Phi) is 5.06. The molecule has 4 rings (SSSR count). The quantitative estimate of drug-likeness (QED) is 0.414. The summed E-state index contributed by atoms with van der Waals surface area (Å²) >= 11 is 3.34. The van der Waals surface area contributed by atoms with E-state index < -0.39 is 23.5 Å². The number of ketones is 1. The Morgan fingerprint density at radius 3 is 2.32 bits per heavy atom. The van der Waals surface area contributed by atoms with Crippen molar-refractivity contribution in [2.75, 3.05) is 0 Å². The van der Waals surface area contributed by atoms with Gasteiger partial charge < -0.3 is 10.0 Å². The molecule has 28 heavy (non-hydrogen) atoms. The van der Waals surface area contributed by atoms with Gasteiger partial charge in [-0.15, -0.1) is 0 Å². The molecule has 1 N–H and O–H groups in total. The molecule has 2 aliphatic rings. The topological polar surface area (TPSA) is 57.6 Å². The number of benzene rings is 2. The zero-order valence-corrected chi connectivity index (χ0v) is 16.7. The first-order chi connectivity index (χ1) is 13.5. The minimum absolute atomic E-state index is 0.0516. The monoisotopic (exact) mass is 443 g/mol. The van der Waals surface area contributed by atoms with E-state index in [0.717, 1.165) is 30.2 Å². The molecule has 144 valence electrons. The Bertz CT molecular complexity index is 964. The number of hydrogen-bond acceptors (Lipinski definition) is 3. The van der Waals surface area contributed by atoms with Crippen molar-refractivity contribution in [3.8, 4) is 0 Å². The minimum atomic E-state index is -0.923. The van der Waals surface area contributed by atoms with Crippen LogP contribution in [0.4, 0.5) is 4.39 Å². The number of Topliss-reactive ketones (excluding diaryl/α,β-unsaturated/α-hetero) is 1. The molecule has 2 aromatic carbocycles. The van der Waals surface area contributed by atoms with Crippen LogP contribution < -0.4 is 0 Å². The van der Waals surface area contributed by atoms with Crippen LogP contribution >= 0.6 is 15.9 Å². The zero-order chi connectivity index (χ0) is 19.8. The Balaban J connectivity index is 1.91. The average molecular weight is 444 g/mol. The van der Waals surface area contributed by atoms with Gasteiger partial charge in [0.2, 0.25) is 0 Å². The molecule has 1 unspecified atom stereocenters. The molecule has 0 radical (unpaired) electrons. The Labute approximate surface area is 170 Å². The summed E-state index contributed by atoms with van der Waals surface area (Å²) < 4.78 is 15.5. The van der Waals surface area contributed by atoms with E-state index in [9.17, 15) is 19.1 Å². The number of carbonyl (C=O) groups is 2. The van der Waals surface area contributed by atoms with Crippen molar-refractivity contribution in [1.29, 1.82) is 0 Å². The van der Waals surface area contributed by atoms with Gasteiger partial charge in [-0.2, -0.15) is 0 Å². The van der Waals surface area contributed by atoms with Gasteiger partial charge in [0.25, 0.3) is 11.7 Å². The lowest BCUT2D eigenvalue weighted by atomic mass is 9.94. The molecule has 1 saturated heterocycles. The number of carbonyl (C=O) groups excluding carboxylic acids is 2. The predicted octanol–water partition coefficient (Wildman–Crippen LogP) is 4.95. The highest BCUT2D eigenvalue weighted by atomic mass is 79.9. The number of nitrogens with zero attached hydrogens (tertiary/aromatic N) is 1. The van der Waals surface area contributed by atoms with Gasteiger partial charge in [0, 0.05) is 21.6 Å². The van der Waals surface area contributed by atoms with Crippen LogP contribution in [0.5, 0.6) is 0 Å². The summed E-state index contributed by atoms with van der Waals surface area (Å²) in [4.78, 5) is 27.3. The second-order valence-corrected chi connectivity index (χ2v) is 8.09. The van der Waals surface area contributed by atoms with Crippen LogP contribution in [-0.2, 0) is 9.59 Å². The van der Waals surface area contributed by atoms with Crippen LogP contribution in [0.3, 0.4) is 0 Å². The third-order valence-electron chi connectivity index (χ3n) is 5.52. The molecule has 1 amide bonds. The smallest absolute Gasteiger partial charge is 0.295 e. The van der Waals surface area contributed by atoms with Gasteiger partial charge >= 0.3 is 0 Å². The summed E-state index contributed by atoms with van der Waals surface area (Å²) in [5.74, 6) is -2.21. The largest absolute Gasteiger partial charge is 0.507 e. The average Bonchev–Trinajstić information content (AvgIpc) is 3.30. The fourth-order valence-electron chi connectivity index (χ4n) is 4.17. The summed E-state index contributed by atoms with van der Waals surface area (Å²) in [7, 11) is 0. The molecule has 1 saturated carbocycles. The van der Waals surface area contributed by atoms with Crippen LogP contribution in [0.25, 0.3) is 5.76 Å². The van der Waals surface area contributed by atoms with Crippen molar-refractivity contribution in [1.82, 2.24) is 4.90 Å². The maximum atomic E-state index is 14.7. The summed E-state index contributed by atoms with van der Waals surface area (Å²) in [5, 5.41) is 10.9. The Morgan fingerprint density at radius 1 is 1.04 bits per heavy atom. The van der Waals surface area contributed by atoms with Crippen LogP contribution in [-0.4, -0.2) is 27.7 Å².